The fraction of sp³-hybridized carbons (Fsp3) is 0.333. The molecular weight excluding hydrogens is 348 g/mol. The Labute approximate surface area is 156 Å². The van der Waals surface area contributed by atoms with E-state index >= 15 is 0 Å². The highest BCUT2D eigenvalue weighted by Gasteiger charge is 2.33. The molecule has 2 aromatic rings. The topological polar surface area (TPSA) is 105 Å². The van der Waals surface area contributed by atoms with Gasteiger partial charge in [-0.1, -0.05) is 6.07 Å². The number of nitrogens with two attached hydrogens (primary N) is 1. The summed E-state index contributed by atoms with van der Waals surface area (Å²) in [6.07, 6.45) is -0.430. The van der Waals surface area contributed by atoms with Crippen LogP contribution >= 0.6 is 0 Å². The molecule has 0 aromatic carbocycles. The first-order chi connectivity index (χ1) is 13.0. The number of pyridine rings is 2. The van der Waals surface area contributed by atoms with Crippen molar-refractivity contribution in [1.82, 2.24) is 9.97 Å². The second-order valence-corrected chi connectivity index (χ2v) is 6.56. The monoisotopic (exact) mass is 368 g/mol. The minimum absolute atomic E-state index is 0.154. The molecule has 0 saturated carbocycles. The Bertz CT molecular complexity index is 929. The summed E-state index contributed by atoms with van der Waals surface area (Å²) >= 11 is 0. The van der Waals surface area contributed by atoms with E-state index in [-0.39, 0.29) is 12.5 Å². The van der Waals surface area contributed by atoms with Gasteiger partial charge in [-0.05, 0) is 18.2 Å². The molecule has 0 unspecified atom stereocenters. The van der Waals surface area contributed by atoms with Crippen molar-refractivity contribution in [3.63, 3.8) is 0 Å². The number of hydrogen-bond acceptors (Lipinski definition) is 7. The minimum Gasteiger partial charge on any atom is -0.447 e. The lowest BCUT2D eigenvalue weighted by atomic mass is 10.1. The molecule has 4 rings (SSSR count). The van der Waals surface area contributed by atoms with E-state index in [0.29, 0.717) is 48.4 Å². The SMILES string of the molecule is CN(C)c1cc2c(c(CN)n1)CN(c1cccc(N3CCOC3=O)n1)C2=O. The first-order valence-corrected chi connectivity index (χ1v) is 8.63. The number of nitrogens with zero attached hydrogens (tertiary/aromatic N) is 5. The van der Waals surface area contributed by atoms with E-state index in [4.69, 9.17) is 10.5 Å². The molecule has 2 aliphatic heterocycles. The highest BCUT2D eigenvalue weighted by atomic mass is 16.6. The van der Waals surface area contributed by atoms with Gasteiger partial charge in [0.1, 0.15) is 24.1 Å². The van der Waals surface area contributed by atoms with Crippen LogP contribution in [-0.4, -0.2) is 49.2 Å². The standard InChI is InChI=1S/C18H20N6O3/c1-22(2)16-8-11-12(13(9-19)20-16)10-24(17(11)25)15-5-3-4-14(21-15)23-6-7-27-18(23)26/h3-5,8H,6-7,9-10,19H2,1-2H3. The summed E-state index contributed by atoms with van der Waals surface area (Å²) in [6, 6.07) is 7.02. The number of fused-ring (bicyclic) bond motifs is 1. The van der Waals surface area contributed by atoms with Crippen LogP contribution in [0.3, 0.4) is 0 Å². The van der Waals surface area contributed by atoms with Crippen molar-refractivity contribution < 1.29 is 14.3 Å². The van der Waals surface area contributed by atoms with Gasteiger partial charge >= 0.3 is 6.09 Å². The average molecular weight is 368 g/mol. The number of cyclic esters (lactones) is 1. The smallest absolute Gasteiger partial charge is 0.415 e. The Morgan fingerprint density at radius 1 is 1.19 bits per heavy atom. The normalized spacial score (nSPS) is 16.0. The lowest BCUT2D eigenvalue weighted by Gasteiger charge is -2.18. The first kappa shape index (κ1) is 17.2. The van der Waals surface area contributed by atoms with Gasteiger partial charge in [0.25, 0.3) is 5.91 Å². The van der Waals surface area contributed by atoms with Crippen LogP contribution in [0.4, 0.5) is 22.2 Å². The van der Waals surface area contributed by atoms with Gasteiger partial charge in [-0.3, -0.25) is 14.6 Å². The summed E-state index contributed by atoms with van der Waals surface area (Å²) in [5, 5.41) is 0. The predicted molar refractivity (Wildman–Crippen MR) is 99.9 cm³/mol. The summed E-state index contributed by atoms with van der Waals surface area (Å²) in [5.74, 6) is 1.47. The van der Waals surface area contributed by atoms with Gasteiger partial charge in [0.15, 0.2) is 0 Å². The number of amides is 2. The molecule has 27 heavy (non-hydrogen) atoms. The third-order valence-electron chi connectivity index (χ3n) is 4.67. The van der Waals surface area contributed by atoms with Gasteiger partial charge in [-0.15, -0.1) is 0 Å². The lowest BCUT2D eigenvalue weighted by Crippen LogP contribution is -2.27. The first-order valence-electron chi connectivity index (χ1n) is 8.63. The van der Waals surface area contributed by atoms with Crippen molar-refractivity contribution >= 4 is 29.5 Å². The molecular formula is C18H20N6O3. The molecule has 0 atom stereocenters. The van der Waals surface area contributed by atoms with E-state index in [1.165, 1.54) is 4.90 Å². The van der Waals surface area contributed by atoms with Gasteiger partial charge in [0, 0.05) is 26.2 Å². The van der Waals surface area contributed by atoms with Crippen molar-refractivity contribution in [3.8, 4) is 0 Å². The van der Waals surface area contributed by atoms with E-state index in [1.807, 2.05) is 19.0 Å². The minimum atomic E-state index is -0.430. The van der Waals surface area contributed by atoms with Gasteiger partial charge in [-0.2, -0.15) is 0 Å². The van der Waals surface area contributed by atoms with Gasteiger partial charge in [-0.25, -0.2) is 14.8 Å². The summed E-state index contributed by atoms with van der Waals surface area (Å²) in [7, 11) is 3.73. The van der Waals surface area contributed by atoms with Crippen LogP contribution in [-0.2, 0) is 17.8 Å². The molecule has 9 nitrogen and oxygen atoms in total. The van der Waals surface area contributed by atoms with Crippen LogP contribution in [0.1, 0.15) is 21.6 Å². The molecule has 140 valence electrons. The Morgan fingerprint density at radius 2 is 1.93 bits per heavy atom. The van der Waals surface area contributed by atoms with E-state index in [9.17, 15) is 9.59 Å². The third-order valence-corrected chi connectivity index (χ3v) is 4.67. The highest BCUT2D eigenvalue weighted by Crippen LogP contribution is 2.32. The molecule has 0 bridgehead atoms. The maximum absolute atomic E-state index is 13.0. The summed E-state index contributed by atoms with van der Waals surface area (Å²) in [4.78, 5) is 38.7. The van der Waals surface area contributed by atoms with Crippen molar-refractivity contribution in [2.75, 3.05) is 41.9 Å². The quantitative estimate of drug-likeness (QED) is 0.862. The van der Waals surface area contributed by atoms with Crippen molar-refractivity contribution in [2.24, 2.45) is 5.73 Å². The number of rotatable bonds is 4. The number of ether oxygens (including phenoxy) is 1. The molecule has 0 radical (unpaired) electrons. The fourth-order valence-electron chi connectivity index (χ4n) is 3.25. The van der Waals surface area contributed by atoms with E-state index in [1.54, 1.807) is 29.2 Å². The molecule has 0 spiro atoms. The maximum Gasteiger partial charge on any atom is 0.415 e. The van der Waals surface area contributed by atoms with E-state index in [0.717, 1.165) is 5.56 Å². The molecule has 2 N–H and O–H groups in total. The Hall–Kier alpha value is -3.20. The van der Waals surface area contributed by atoms with Crippen molar-refractivity contribution in [1.29, 1.82) is 0 Å². The molecule has 2 aliphatic rings. The van der Waals surface area contributed by atoms with Crippen molar-refractivity contribution in [3.05, 3.63) is 41.1 Å². The average Bonchev–Trinajstić information content (AvgIpc) is 3.24. The van der Waals surface area contributed by atoms with E-state index < -0.39 is 6.09 Å². The molecule has 0 aliphatic carbocycles. The summed E-state index contributed by atoms with van der Waals surface area (Å²) < 4.78 is 4.96. The zero-order valence-electron chi connectivity index (χ0n) is 15.2. The zero-order valence-corrected chi connectivity index (χ0v) is 15.2. The van der Waals surface area contributed by atoms with Crippen LogP contribution in [0.15, 0.2) is 24.3 Å². The Balaban J connectivity index is 1.70. The van der Waals surface area contributed by atoms with Crippen LogP contribution in [0, 0.1) is 0 Å². The van der Waals surface area contributed by atoms with Crippen LogP contribution in [0.25, 0.3) is 0 Å². The number of aromatic nitrogens is 2. The lowest BCUT2D eigenvalue weighted by molar-refractivity contribution is 0.0996. The second-order valence-electron chi connectivity index (χ2n) is 6.56. The van der Waals surface area contributed by atoms with Crippen LogP contribution < -0.4 is 20.4 Å². The largest absolute Gasteiger partial charge is 0.447 e. The molecule has 2 aromatic heterocycles. The molecule has 9 heteroatoms. The Morgan fingerprint density at radius 3 is 2.56 bits per heavy atom. The molecule has 2 amide bonds. The van der Waals surface area contributed by atoms with Crippen molar-refractivity contribution in [2.45, 2.75) is 13.1 Å². The third kappa shape index (κ3) is 2.85. The number of anilines is 3. The van der Waals surface area contributed by atoms with Gasteiger partial charge in [0.2, 0.25) is 0 Å². The summed E-state index contributed by atoms with van der Waals surface area (Å²) in [6.45, 7) is 1.37. The van der Waals surface area contributed by atoms with Gasteiger partial charge in [0.05, 0.1) is 24.3 Å². The molecule has 1 saturated heterocycles. The predicted octanol–water partition coefficient (Wildman–Crippen LogP) is 1.12. The highest BCUT2D eigenvalue weighted by molar-refractivity contribution is 6.10. The Kier molecular flexibility index (Phi) is 4.15. The van der Waals surface area contributed by atoms with E-state index in [2.05, 4.69) is 9.97 Å². The zero-order chi connectivity index (χ0) is 19.1. The number of hydrogen-bond donors (Lipinski definition) is 1. The second kappa shape index (κ2) is 6.51. The van der Waals surface area contributed by atoms with Crippen LogP contribution in [0.2, 0.25) is 0 Å². The number of carbonyl (C=O) groups excluding carboxylic acids is 2. The number of carbonyl (C=O) groups is 2. The fourth-order valence-corrected chi connectivity index (χ4v) is 3.25. The van der Waals surface area contributed by atoms with Gasteiger partial charge < -0.3 is 15.4 Å². The summed E-state index contributed by atoms with van der Waals surface area (Å²) in [5.41, 5.74) is 7.96. The maximum atomic E-state index is 13.0. The molecule has 1 fully saturated rings. The molecule has 4 heterocycles. The van der Waals surface area contributed by atoms with Crippen LogP contribution in [0.5, 0.6) is 0 Å².